The Hall–Kier alpha value is -0.610. The lowest BCUT2D eigenvalue weighted by Gasteiger charge is -2.25. The Morgan fingerprint density at radius 1 is 1.27 bits per heavy atom. The third kappa shape index (κ3) is 5.74. The number of rotatable bonds is 6. The molecule has 0 saturated carbocycles. The van der Waals surface area contributed by atoms with E-state index in [-0.39, 0.29) is 17.9 Å². The second-order valence-corrected chi connectivity index (χ2v) is 4.65. The Kier molecular flexibility index (Phi) is 6.52. The van der Waals surface area contributed by atoms with E-state index in [4.69, 9.17) is 0 Å². The van der Waals surface area contributed by atoms with E-state index in [1.807, 2.05) is 27.7 Å². The minimum absolute atomic E-state index is 0.0761. The fourth-order valence-electron chi connectivity index (χ4n) is 1.45. The molecule has 0 saturated heterocycles. The maximum absolute atomic E-state index is 11.5. The van der Waals surface area contributed by atoms with Gasteiger partial charge in [-0.1, -0.05) is 27.7 Å². The summed E-state index contributed by atoms with van der Waals surface area (Å²) < 4.78 is 0. The maximum Gasteiger partial charge on any atom is 0.237 e. The van der Waals surface area contributed by atoms with Crippen molar-refractivity contribution in [2.24, 2.45) is 11.8 Å². The zero-order valence-corrected chi connectivity index (χ0v) is 10.4. The molecule has 2 atom stereocenters. The normalized spacial score (nSPS) is 15.5. The molecule has 90 valence electrons. The van der Waals surface area contributed by atoms with Gasteiger partial charge in [0, 0.05) is 7.05 Å². The molecule has 15 heavy (non-hydrogen) atoms. The third-order valence-corrected chi connectivity index (χ3v) is 2.26. The van der Waals surface area contributed by atoms with Gasteiger partial charge >= 0.3 is 0 Å². The van der Waals surface area contributed by atoms with Crippen molar-refractivity contribution in [1.82, 2.24) is 10.6 Å². The van der Waals surface area contributed by atoms with Crippen LogP contribution in [0.15, 0.2) is 0 Å². The van der Waals surface area contributed by atoms with Crippen LogP contribution in [0.3, 0.4) is 0 Å². The van der Waals surface area contributed by atoms with E-state index >= 15 is 0 Å². The first kappa shape index (κ1) is 14.4. The molecule has 0 rings (SSSR count). The number of hydrogen-bond acceptors (Lipinski definition) is 3. The molecule has 0 bridgehead atoms. The van der Waals surface area contributed by atoms with Gasteiger partial charge in [-0.2, -0.15) is 0 Å². The second kappa shape index (κ2) is 6.80. The number of likely N-dealkylation sites (N-methyl/N-ethyl adjacent to an activating group) is 1. The minimum atomic E-state index is -0.616. The number of amides is 1. The molecule has 4 nitrogen and oxygen atoms in total. The standard InChI is InChI=1S/C11H24N2O2/c1-7(2)6-9(14)13-10(8(3)4)11(15)12-5/h7-10,13-14H,6H2,1-5H3,(H,12,15)/t9?,10-/m0/s1. The second-order valence-electron chi connectivity index (χ2n) is 4.65. The SMILES string of the molecule is CNC(=O)[C@@H](NC(O)CC(C)C)C(C)C. The largest absolute Gasteiger partial charge is 0.379 e. The first-order valence-electron chi connectivity index (χ1n) is 5.54. The number of carbonyl (C=O) groups excluding carboxylic acids is 1. The first-order valence-corrected chi connectivity index (χ1v) is 5.54. The van der Waals surface area contributed by atoms with Gasteiger partial charge in [0.2, 0.25) is 5.91 Å². The van der Waals surface area contributed by atoms with E-state index in [0.29, 0.717) is 12.3 Å². The van der Waals surface area contributed by atoms with Crippen LogP contribution < -0.4 is 10.6 Å². The predicted molar refractivity (Wildman–Crippen MR) is 61.3 cm³/mol. The number of carbonyl (C=O) groups is 1. The molecule has 4 heteroatoms. The van der Waals surface area contributed by atoms with Crippen molar-refractivity contribution in [2.75, 3.05) is 7.05 Å². The highest BCUT2D eigenvalue weighted by molar-refractivity contribution is 5.81. The molecule has 1 amide bonds. The van der Waals surface area contributed by atoms with Crippen LogP contribution in [0.5, 0.6) is 0 Å². The van der Waals surface area contributed by atoms with Crippen LogP contribution in [-0.2, 0) is 4.79 Å². The maximum atomic E-state index is 11.5. The summed E-state index contributed by atoms with van der Waals surface area (Å²) in [7, 11) is 1.61. The Morgan fingerprint density at radius 2 is 1.80 bits per heavy atom. The van der Waals surface area contributed by atoms with E-state index in [9.17, 15) is 9.90 Å². The predicted octanol–water partition coefficient (Wildman–Crippen LogP) is 0.711. The van der Waals surface area contributed by atoms with Crippen LogP contribution in [-0.4, -0.2) is 30.3 Å². The molecule has 0 aliphatic heterocycles. The molecular weight excluding hydrogens is 192 g/mol. The van der Waals surface area contributed by atoms with Crippen LogP contribution in [0, 0.1) is 11.8 Å². The fourth-order valence-corrected chi connectivity index (χ4v) is 1.45. The summed E-state index contributed by atoms with van der Waals surface area (Å²) in [6.45, 7) is 7.98. The Balaban J connectivity index is 4.22. The average Bonchev–Trinajstić information content (AvgIpc) is 2.11. The summed E-state index contributed by atoms with van der Waals surface area (Å²) in [5.74, 6) is 0.490. The van der Waals surface area contributed by atoms with Gasteiger partial charge in [-0.25, -0.2) is 0 Å². The minimum Gasteiger partial charge on any atom is -0.379 e. The van der Waals surface area contributed by atoms with Crippen molar-refractivity contribution in [2.45, 2.75) is 46.4 Å². The van der Waals surface area contributed by atoms with Gasteiger partial charge < -0.3 is 10.4 Å². The van der Waals surface area contributed by atoms with E-state index in [1.54, 1.807) is 7.05 Å². The molecular formula is C11H24N2O2. The molecule has 0 radical (unpaired) electrons. The zero-order chi connectivity index (χ0) is 12.0. The number of hydrogen-bond donors (Lipinski definition) is 3. The number of aliphatic hydroxyl groups is 1. The van der Waals surface area contributed by atoms with Crippen LogP contribution in [0.1, 0.15) is 34.1 Å². The van der Waals surface area contributed by atoms with Crippen LogP contribution in [0.2, 0.25) is 0 Å². The summed E-state index contributed by atoms with van der Waals surface area (Å²) in [6, 6.07) is -0.330. The quantitative estimate of drug-likeness (QED) is 0.573. The van der Waals surface area contributed by atoms with Crippen molar-refractivity contribution < 1.29 is 9.90 Å². The van der Waals surface area contributed by atoms with Gasteiger partial charge in [0.05, 0.1) is 6.04 Å². The van der Waals surface area contributed by atoms with Crippen molar-refractivity contribution in [1.29, 1.82) is 0 Å². The smallest absolute Gasteiger partial charge is 0.237 e. The first-order chi connectivity index (χ1) is 6.88. The van der Waals surface area contributed by atoms with Gasteiger partial charge in [-0.3, -0.25) is 10.1 Å². The summed E-state index contributed by atoms with van der Waals surface area (Å²) in [5, 5.41) is 15.2. The highest BCUT2D eigenvalue weighted by Crippen LogP contribution is 2.07. The Bertz CT molecular complexity index is 193. The van der Waals surface area contributed by atoms with E-state index < -0.39 is 6.23 Å². The van der Waals surface area contributed by atoms with Crippen LogP contribution >= 0.6 is 0 Å². The topological polar surface area (TPSA) is 61.4 Å². The molecule has 0 aromatic rings. The van der Waals surface area contributed by atoms with Crippen molar-refractivity contribution in [3.05, 3.63) is 0 Å². The molecule has 0 aromatic carbocycles. The van der Waals surface area contributed by atoms with Gasteiger partial charge in [0.25, 0.3) is 0 Å². The molecule has 0 heterocycles. The van der Waals surface area contributed by atoms with Crippen molar-refractivity contribution in [3.8, 4) is 0 Å². The third-order valence-electron chi connectivity index (χ3n) is 2.26. The lowest BCUT2D eigenvalue weighted by molar-refractivity contribution is -0.124. The molecule has 0 spiro atoms. The van der Waals surface area contributed by atoms with Crippen LogP contribution in [0.25, 0.3) is 0 Å². The highest BCUT2D eigenvalue weighted by Gasteiger charge is 2.23. The molecule has 3 N–H and O–H groups in total. The fraction of sp³-hybridized carbons (Fsp3) is 0.909. The van der Waals surface area contributed by atoms with Gasteiger partial charge in [-0.15, -0.1) is 0 Å². The number of nitrogens with one attached hydrogen (secondary N) is 2. The molecule has 0 aromatic heterocycles. The van der Waals surface area contributed by atoms with Gasteiger partial charge in [-0.05, 0) is 18.3 Å². The molecule has 1 unspecified atom stereocenters. The van der Waals surface area contributed by atoms with E-state index in [1.165, 1.54) is 0 Å². The molecule has 0 aliphatic rings. The summed E-state index contributed by atoms with van der Waals surface area (Å²) in [6.07, 6.45) is 0.0370. The zero-order valence-electron chi connectivity index (χ0n) is 10.4. The van der Waals surface area contributed by atoms with Crippen molar-refractivity contribution in [3.63, 3.8) is 0 Å². The average molecular weight is 216 g/mol. The highest BCUT2D eigenvalue weighted by atomic mass is 16.3. The van der Waals surface area contributed by atoms with E-state index in [0.717, 1.165) is 0 Å². The Labute approximate surface area is 92.4 Å². The van der Waals surface area contributed by atoms with Gasteiger partial charge in [0.15, 0.2) is 0 Å². The number of aliphatic hydroxyl groups excluding tert-OH is 1. The lowest BCUT2D eigenvalue weighted by Crippen LogP contribution is -2.50. The summed E-state index contributed by atoms with van der Waals surface area (Å²) in [5.41, 5.74) is 0. The summed E-state index contributed by atoms with van der Waals surface area (Å²) in [4.78, 5) is 11.5. The monoisotopic (exact) mass is 216 g/mol. The summed E-state index contributed by atoms with van der Waals surface area (Å²) >= 11 is 0. The van der Waals surface area contributed by atoms with Crippen LogP contribution in [0.4, 0.5) is 0 Å². The van der Waals surface area contributed by atoms with Gasteiger partial charge in [0.1, 0.15) is 6.23 Å². The molecule has 0 aliphatic carbocycles. The lowest BCUT2D eigenvalue weighted by atomic mass is 10.0. The Morgan fingerprint density at radius 3 is 2.13 bits per heavy atom. The van der Waals surface area contributed by atoms with E-state index in [2.05, 4.69) is 10.6 Å². The van der Waals surface area contributed by atoms with Crippen molar-refractivity contribution >= 4 is 5.91 Å². The molecule has 0 fully saturated rings.